The summed E-state index contributed by atoms with van der Waals surface area (Å²) >= 11 is -0.985. The summed E-state index contributed by atoms with van der Waals surface area (Å²) in [6, 6.07) is 8.05. The molecular formula is C11H13NO2S. The van der Waals surface area contributed by atoms with Crippen LogP contribution in [0.25, 0.3) is 0 Å². The minimum absolute atomic E-state index is 0.00564. The first-order valence-corrected chi connectivity index (χ1v) is 6.32. The molecule has 1 heterocycles. The van der Waals surface area contributed by atoms with Gasteiger partial charge in [0.25, 0.3) is 5.91 Å². The number of carbonyl (C=O) groups is 1. The summed E-state index contributed by atoms with van der Waals surface area (Å²) in [7, 11) is 0. The molecule has 80 valence electrons. The van der Waals surface area contributed by atoms with E-state index in [1.54, 1.807) is 4.90 Å². The van der Waals surface area contributed by atoms with E-state index in [1.807, 2.05) is 31.2 Å². The van der Waals surface area contributed by atoms with Crippen LogP contribution in [0.15, 0.2) is 24.3 Å². The van der Waals surface area contributed by atoms with Crippen molar-refractivity contribution in [1.29, 1.82) is 0 Å². The van der Waals surface area contributed by atoms with Crippen molar-refractivity contribution in [3.05, 3.63) is 35.4 Å². The molecule has 1 aliphatic heterocycles. The van der Waals surface area contributed by atoms with Crippen LogP contribution in [-0.2, 0) is 22.5 Å². The Hall–Kier alpha value is -1.00. The Kier molecular flexibility index (Phi) is 2.98. The highest BCUT2D eigenvalue weighted by Gasteiger charge is 2.31. The third-order valence-corrected chi connectivity index (χ3v) is 3.60. The third-order valence-electron chi connectivity index (χ3n) is 2.43. The molecule has 1 atom stereocenters. The Morgan fingerprint density at radius 3 is 2.60 bits per heavy atom. The smallest absolute Gasteiger partial charge is 0.276 e. The molecule has 0 aromatic heterocycles. The fraction of sp³-hybridized carbons (Fsp3) is 0.364. The summed E-state index contributed by atoms with van der Waals surface area (Å²) in [4.78, 5) is 13.0. The zero-order chi connectivity index (χ0) is 10.8. The van der Waals surface area contributed by atoms with E-state index in [2.05, 4.69) is 0 Å². The Morgan fingerprint density at radius 2 is 2.07 bits per heavy atom. The van der Waals surface area contributed by atoms with Gasteiger partial charge in [0.1, 0.15) is 0 Å². The highest BCUT2D eigenvalue weighted by Crippen LogP contribution is 2.14. The van der Waals surface area contributed by atoms with Gasteiger partial charge < -0.3 is 4.55 Å². The monoisotopic (exact) mass is 223 g/mol. The Balaban J connectivity index is 2.03. The molecule has 4 heteroatoms. The van der Waals surface area contributed by atoms with Gasteiger partial charge in [0.05, 0.1) is 6.54 Å². The van der Waals surface area contributed by atoms with Gasteiger partial charge in [-0.1, -0.05) is 29.8 Å². The zero-order valence-electron chi connectivity index (χ0n) is 8.60. The predicted octanol–water partition coefficient (Wildman–Crippen LogP) is 1.04. The molecule has 1 fully saturated rings. The largest absolute Gasteiger partial charge is 0.615 e. The summed E-state index contributed by atoms with van der Waals surface area (Å²) in [5.74, 6) is 0.562. The second-order valence-electron chi connectivity index (χ2n) is 3.79. The lowest BCUT2D eigenvalue weighted by Crippen LogP contribution is -2.25. The third kappa shape index (κ3) is 2.52. The number of nitrogens with zero attached hydrogens (tertiary/aromatic N) is 1. The summed E-state index contributed by atoms with van der Waals surface area (Å²) in [6.45, 7) is 2.60. The zero-order valence-corrected chi connectivity index (χ0v) is 9.42. The normalized spacial score (nSPS) is 21.1. The maximum absolute atomic E-state index is 11.4. The van der Waals surface area contributed by atoms with Crippen molar-refractivity contribution in [2.24, 2.45) is 0 Å². The van der Waals surface area contributed by atoms with Gasteiger partial charge in [-0.15, -0.1) is 0 Å². The standard InChI is InChI=1S/C11H13NO2S/c1-9-2-4-10(5-3-9)6-12-8-15(14)7-11(12)13/h2-5H,6-8H2,1H3. The lowest BCUT2D eigenvalue weighted by Gasteiger charge is -2.12. The maximum Gasteiger partial charge on any atom is 0.276 e. The number of carbonyl (C=O) groups excluding carboxylic acids is 1. The minimum atomic E-state index is -0.985. The number of hydrogen-bond donors (Lipinski definition) is 0. The molecule has 1 aromatic rings. The average Bonchev–Trinajstić information content (AvgIpc) is 2.49. The summed E-state index contributed by atoms with van der Waals surface area (Å²) in [6.07, 6.45) is 0. The van der Waals surface area contributed by atoms with Gasteiger partial charge in [0, 0.05) is 0 Å². The van der Waals surface area contributed by atoms with Crippen LogP contribution < -0.4 is 0 Å². The lowest BCUT2D eigenvalue weighted by molar-refractivity contribution is -0.127. The predicted molar refractivity (Wildman–Crippen MR) is 59.6 cm³/mol. The van der Waals surface area contributed by atoms with Gasteiger partial charge >= 0.3 is 0 Å². The molecule has 1 aromatic carbocycles. The van der Waals surface area contributed by atoms with E-state index in [0.717, 1.165) is 5.56 Å². The molecule has 2 rings (SSSR count). The van der Waals surface area contributed by atoms with Gasteiger partial charge in [-0.2, -0.15) is 0 Å². The van der Waals surface area contributed by atoms with Gasteiger partial charge in [0.15, 0.2) is 11.6 Å². The van der Waals surface area contributed by atoms with Crippen LogP contribution in [0.2, 0.25) is 0 Å². The Bertz CT molecular complexity index is 363. The summed E-state index contributed by atoms with van der Waals surface area (Å²) < 4.78 is 11.2. The molecule has 0 saturated carbocycles. The first-order chi connectivity index (χ1) is 7.15. The molecule has 1 aliphatic rings. The van der Waals surface area contributed by atoms with Crippen molar-refractivity contribution in [2.75, 3.05) is 11.6 Å². The summed E-state index contributed by atoms with van der Waals surface area (Å²) in [5.41, 5.74) is 2.29. The molecular weight excluding hydrogens is 210 g/mol. The van der Waals surface area contributed by atoms with Crippen LogP contribution in [0.1, 0.15) is 11.1 Å². The van der Waals surface area contributed by atoms with Crippen LogP contribution in [0, 0.1) is 6.92 Å². The van der Waals surface area contributed by atoms with Crippen LogP contribution in [0.4, 0.5) is 0 Å². The van der Waals surface area contributed by atoms with Gasteiger partial charge in [-0.25, -0.2) is 0 Å². The molecule has 0 bridgehead atoms. The van der Waals surface area contributed by atoms with E-state index in [1.165, 1.54) is 5.56 Å². The van der Waals surface area contributed by atoms with E-state index >= 15 is 0 Å². The van der Waals surface area contributed by atoms with Crippen LogP contribution in [-0.4, -0.2) is 27.0 Å². The van der Waals surface area contributed by atoms with Gasteiger partial charge in [0.2, 0.25) is 0 Å². The number of aryl methyl sites for hydroxylation is 1. The second kappa shape index (κ2) is 4.24. The van der Waals surface area contributed by atoms with Crippen molar-refractivity contribution in [1.82, 2.24) is 4.90 Å². The molecule has 15 heavy (non-hydrogen) atoms. The molecule has 0 radical (unpaired) electrons. The van der Waals surface area contributed by atoms with Crippen molar-refractivity contribution >= 4 is 17.1 Å². The maximum atomic E-state index is 11.4. The molecule has 1 unspecified atom stereocenters. The first-order valence-electron chi connectivity index (χ1n) is 4.83. The molecule has 0 spiro atoms. The van der Waals surface area contributed by atoms with Crippen molar-refractivity contribution in [3.8, 4) is 0 Å². The molecule has 1 saturated heterocycles. The first kappa shape index (κ1) is 10.5. The molecule has 0 N–H and O–H groups in total. The van der Waals surface area contributed by atoms with E-state index in [4.69, 9.17) is 0 Å². The molecule has 0 aliphatic carbocycles. The van der Waals surface area contributed by atoms with Crippen LogP contribution >= 0.6 is 0 Å². The second-order valence-corrected chi connectivity index (χ2v) is 5.22. The Morgan fingerprint density at radius 1 is 1.40 bits per heavy atom. The fourth-order valence-electron chi connectivity index (χ4n) is 1.57. The Labute approximate surface area is 92.3 Å². The topological polar surface area (TPSA) is 43.4 Å². The van der Waals surface area contributed by atoms with Crippen LogP contribution in [0.5, 0.6) is 0 Å². The molecule has 1 amide bonds. The minimum Gasteiger partial charge on any atom is -0.615 e. The fourth-order valence-corrected chi connectivity index (χ4v) is 2.70. The van der Waals surface area contributed by atoms with Crippen molar-refractivity contribution in [3.63, 3.8) is 0 Å². The van der Waals surface area contributed by atoms with E-state index < -0.39 is 11.2 Å². The summed E-state index contributed by atoms with van der Waals surface area (Å²) in [5, 5.41) is 0. The SMILES string of the molecule is Cc1ccc(CN2C[S+]([O-])CC2=O)cc1. The van der Waals surface area contributed by atoms with Gasteiger partial charge in [-0.05, 0) is 23.7 Å². The molecule has 3 nitrogen and oxygen atoms in total. The highest BCUT2D eigenvalue weighted by molar-refractivity contribution is 7.92. The number of benzene rings is 1. The van der Waals surface area contributed by atoms with E-state index in [9.17, 15) is 9.35 Å². The van der Waals surface area contributed by atoms with Gasteiger partial charge in [-0.3, -0.25) is 9.69 Å². The number of amides is 1. The van der Waals surface area contributed by atoms with Crippen molar-refractivity contribution in [2.45, 2.75) is 13.5 Å². The average molecular weight is 223 g/mol. The van der Waals surface area contributed by atoms with E-state index in [-0.39, 0.29) is 11.7 Å². The van der Waals surface area contributed by atoms with E-state index in [0.29, 0.717) is 12.4 Å². The number of hydrogen-bond acceptors (Lipinski definition) is 2. The van der Waals surface area contributed by atoms with Crippen molar-refractivity contribution < 1.29 is 9.35 Å². The highest BCUT2D eigenvalue weighted by atomic mass is 32.2. The lowest BCUT2D eigenvalue weighted by atomic mass is 10.1. The quantitative estimate of drug-likeness (QED) is 0.703. The number of rotatable bonds is 2. The van der Waals surface area contributed by atoms with Crippen LogP contribution in [0.3, 0.4) is 0 Å².